The van der Waals surface area contributed by atoms with Crippen LogP contribution in [0, 0.1) is 27.4 Å². The number of hydrogen-bond acceptors (Lipinski definition) is 6. The van der Waals surface area contributed by atoms with Gasteiger partial charge in [0, 0.05) is 58.0 Å². The normalized spacial score (nSPS) is 32.9. The minimum atomic E-state index is -0.364. The molecule has 5 aliphatic rings. The van der Waals surface area contributed by atoms with Crippen molar-refractivity contribution in [2.45, 2.75) is 57.0 Å². The van der Waals surface area contributed by atoms with Crippen LogP contribution in [0.15, 0.2) is 24.8 Å². The molecule has 7 rings (SSSR count). The summed E-state index contributed by atoms with van der Waals surface area (Å²) in [6.07, 6.45) is 14.0. The molecule has 4 bridgehead atoms. The third kappa shape index (κ3) is 3.81. The maximum Gasteiger partial charge on any atom is 0.307 e. The highest BCUT2D eigenvalue weighted by Crippen LogP contribution is 2.65. The van der Waals surface area contributed by atoms with Crippen molar-refractivity contribution in [2.75, 3.05) is 26.2 Å². The number of rotatable bonds is 6. The summed E-state index contributed by atoms with van der Waals surface area (Å²) in [4.78, 5) is 28.8. The Hall–Kier alpha value is -2.75. The van der Waals surface area contributed by atoms with E-state index in [2.05, 4.69) is 26.2 Å². The van der Waals surface area contributed by atoms with Gasteiger partial charge in [-0.3, -0.25) is 29.2 Å². The molecule has 4 aliphatic carbocycles. The molecule has 1 amide bonds. The van der Waals surface area contributed by atoms with E-state index < -0.39 is 0 Å². The number of nitrogens with zero attached hydrogens (tertiary/aromatic N) is 7. The molecule has 0 radical (unpaired) electrons. The van der Waals surface area contributed by atoms with Gasteiger partial charge in [-0.15, -0.1) is 0 Å². The van der Waals surface area contributed by atoms with E-state index in [4.69, 9.17) is 0 Å². The van der Waals surface area contributed by atoms with Crippen LogP contribution in [0.2, 0.25) is 0 Å². The number of hydrogen-bond donors (Lipinski definition) is 0. The molecule has 0 N–H and O–H groups in total. The van der Waals surface area contributed by atoms with E-state index in [0.717, 1.165) is 64.8 Å². The number of nitro groups is 1. The third-order valence-corrected chi connectivity index (χ3v) is 8.83. The number of piperazine rings is 1. The lowest BCUT2D eigenvalue weighted by atomic mass is 9.46. The van der Waals surface area contributed by atoms with Gasteiger partial charge in [0.15, 0.2) is 0 Å². The molecule has 2 aromatic rings. The van der Waals surface area contributed by atoms with Crippen LogP contribution in [0.3, 0.4) is 0 Å². The predicted molar refractivity (Wildman–Crippen MR) is 124 cm³/mol. The van der Waals surface area contributed by atoms with Crippen LogP contribution in [-0.4, -0.2) is 66.4 Å². The molecular weight excluding hydrogens is 434 g/mol. The standard InChI is InChI=1S/C24H33N7O3/c1-27-14-20(12-25-27)15-28-2-4-29(5-3-28)22(32)11-23-7-18-6-19(8-23)10-24(9-18,17-23)30-16-21(13-26-30)31(33)34/h12-14,16,18-19H,2-11,15,17H2,1H3. The summed E-state index contributed by atoms with van der Waals surface area (Å²) < 4.78 is 3.72. The van der Waals surface area contributed by atoms with E-state index in [1.807, 2.05) is 22.6 Å². The lowest BCUT2D eigenvalue weighted by Gasteiger charge is -2.62. The minimum Gasteiger partial charge on any atom is -0.340 e. The fraction of sp³-hybridized carbons (Fsp3) is 0.708. The molecule has 0 spiro atoms. The summed E-state index contributed by atoms with van der Waals surface area (Å²) in [5.41, 5.74) is 1.11. The molecule has 4 saturated carbocycles. The number of amides is 1. The van der Waals surface area contributed by atoms with Crippen LogP contribution in [-0.2, 0) is 23.9 Å². The topological polar surface area (TPSA) is 102 Å². The van der Waals surface area contributed by atoms with Gasteiger partial charge in [0.05, 0.1) is 16.7 Å². The molecule has 0 aromatic carbocycles. The number of carbonyl (C=O) groups excluding carboxylic acids is 1. The van der Waals surface area contributed by atoms with Crippen molar-refractivity contribution in [1.29, 1.82) is 0 Å². The van der Waals surface area contributed by atoms with E-state index in [1.165, 1.54) is 18.2 Å². The van der Waals surface area contributed by atoms with Gasteiger partial charge in [-0.05, 0) is 55.8 Å². The number of carbonyl (C=O) groups is 1. The lowest BCUT2D eigenvalue weighted by Crippen LogP contribution is -2.58. The molecule has 2 atom stereocenters. The molecule has 2 aromatic heterocycles. The number of aryl methyl sites for hydroxylation is 1. The Morgan fingerprint density at radius 1 is 1.09 bits per heavy atom. The molecule has 3 heterocycles. The summed E-state index contributed by atoms with van der Waals surface area (Å²) in [5, 5.41) is 19.9. The van der Waals surface area contributed by atoms with E-state index in [9.17, 15) is 14.9 Å². The van der Waals surface area contributed by atoms with Crippen LogP contribution in [0.5, 0.6) is 0 Å². The fourth-order valence-corrected chi connectivity index (χ4v) is 7.94. The monoisotopic (exact) mass is 467 g/mol. The SMILES string of the molecule is Cn1cc(CN2CCN(C(=O)CC34CC5CC(C3)CC(n3cc([N+](=O)[O-])cn3)(C5)C4)CC2)cn1. The Morgan fingerprint density at radius 2 is 1.82 bits per heavy atom. The van der Waals surface area contributed by atoms with E-state index in [1.54, 1.807) is 6.20 Å². The van der Waals surface area contributed by atoms with E-state index in [-0.39, 0.29) is 27.5 Å². The zero-order valence-electron chi connectivity index (χ0n) is 19.8. The quantitative estimate of drug-likeness (QED) is 0.478. The first-order valence-electron chi connectivity index (χ1n) is 12.5. The Labute approximate surface area is 199 Å². The van der Waals surface area contributed by atoms with Crippen LogP contribution >= 0.6 is 0 Å². The molecule has 10 heteroatoms. The third-order valence-electron chi connectivity index (χ3n) is 8.83. The van der Waals surface area contributed by atoms with Crippen molar-refractivity contribution >= 4 is 11.6 Å². The molecule has 34 heavy (non-hydrogen) atoms. The predicted octanol–water partition coefficient (Wildman–Crippen LogP) is 2.55. The second-order valence-electron chi connectivity index (χ2n) is 11.4. The van der Waals surface area contributed by atoms with Crippen LogP contribution in [0.25, 0.3) is 0 Å². The first-order chi connectivity index (χ1) is 16.3. The van der Waals surface area contributed by atoms with Crippen LogP contribution in [0.4, 0.5) is 5.69 Å². The van der Waals surface area contributed by atoms with Crippen LogP contribution < -0.4 is 0 Å². The van der Waals surface area contributed by atoms with Crippen molar-refractivity contribution in [3.05, 3.63) is 40.5 Å². The molecule has 1 saturated heterocycles. The summed E-state index contributed by atoms with van der Waals surface area (Å²) >= 11 is 0. The van der Waals surface area contributed by atoms with Gasteiger partial charge in [0.2, 0.25) is 5.91 Å². The maximum absolute atomic E-state index is 13.5. The Balaban J connectivity index is 1.12. The Morgan fingerprint density at radius 3 is 2.44 bits per heavy atom. The van der Waals surface area contributed by atoms with Crippen molar-refractivity contribution in [3.8, 4) is 0 Å². The summed E-state index contributed by atoms with van der Waals surface area (Å²) in [5.74, 6) is 1.46. The van der Waals surface area contributed by atoms with Crippen LogP contribution in [0.1, 0.15) is 50.5 Å². The average Bonchev–Trinajstić information content (AvgIpc) is 3.43. The molecular formula is C24H33N7O3. The highest BCUT2D eigenvalue weighted by molar-refractivity contribution is 5.77. The molecule has 1 aliphatic heterocycles. The van der Waals surface area contributed by atoms with Crippen molar-refractivity contribution < 1.29 is 9.72 Å². The first kappa shape index (κ1) is 21.8. The van der Waals surface area contributed by atoms with Gasteiger partial charge in [-0.25, -0.2) is 0 Å². The van der Waals surface area contributed by atoms with Gasteiger partial charge in [-0.1, -0.05) is 0 Å². The average molecular weight is 468 g/mol. The summed E-state index contributed by atoms with van der Waals surface area (Å²) in [6, 6.07) is 0. The summed E-state index contributed by atoms with van der Waals surface area (Å²) in [7, 11) is 1.93. The minimum absolute atomic E-state index is 0.00867. The second-order valence-corrected chi connectivity index (χ2v) is 11.4. The van der Waals surface area contributed by atoms with Gasteiger partial charge in [0.25, 0.3) is 0 Å². The van der Waals surface area contributed by atoms with E-state index in [0.29, 0.717) is 18.3 Å². The zero-order valence-corrected chi connectivity index (χ0v) is 19.8. The maximum atomic E-state index is 13.5. The fourth-order valence-electron chi connectivity index (χ4n) is 7.94. The highest BCUT2D eigenvalue weighted by Gasteiger charge is 2.59. The lowest BCUT2D eigenvalue weighted by molar-refractivity contribution is -0.385. The number of aromatic nitrogens is 4. The molecule has 5 fully saturated rings. The second kappa shape index (κ2) is 7.90. The zero-order chi connectivity index (χ0) is 23.5. The van der Waals surface area contributed by atoms with Crippen molar-refractivity contribution in [1.82, 2.24) is 29.4 Å². The Bertz CT molecular complexity index is 1090. The largest absolute Gasteiger partial charge is 0.340 e. The first-order valence-corrected chi connectivity index (χ1v) is 12.5. The van der Waals surface area contributed by atoms with E-state index >= 15 is 0 Å². The molecule has 2 unspecified atom stereocenters. The van der Waals surface area contributed by atoms with Gasteiger partial charge < -0.3 is 4.90 Å². The van der Waals surface area contributed by atoms with Crippen molar-refractivity contribution in [3.63, 3.8) is 0 Å². The van der Waals surface area contributed by atoms with Gasteiger partial charge in [-0.2, -0.15) is 10.2 Å². The smallest absolute Gasteiger partial charge is 0.307 e. The molecule has 10 nitrogen and oxygen atoms in total. The molecule has 182 valence electrons. The Kier molecular flexibility index (Phi) is 5.05. The van der Waals surface area contributed by atoms with Gasteiger partial charge >= 0.3 is 5.69 Å². The summed E-state index contributed by atoms with van der Waals surface area (Å²) in [6.45, 7) is 4.21. The van der Waals surface area contributed by atoms with Gasteiger partial charge in [0.1, 0.15) is 12.4 Å². The van der Waals surface area contributed by atoms with Crippen molar-refractivity contribution in [2.24, 2.45) is 24.3 Å². The highest BCUT2D eigenvalue weighted by atomic mass is 16.6.